The highest BCUT2D eigenvalue weighted by Gasteiger charge is 2.41. The van der Waals surface area contributed by atoms with Gasteiger partial charge in [-0.3, -0.25) is 4.99 Å². The fourth-order valence-electron chi connectivity index (χ4n) is 2.71. The zero-order valence-corrected chi connectivity index (χ0v) is 10.8. The molecule has 4 heteroatoms. The van der Waals surface area contributed by atoms with E-state index in [1.54, 1.807) is 0 Å². The highest BCUT2D eigenvalue weighted by atomic mass is 32.2. The Balaban J connectivity index is 1.64. The quantitative estimate of drug-likeness (QED) is 0.761. The molecule has 3 rings (SSSR count). The minimum atomic E-state index is 0.412. The predicted molar refractivity (Wildman–Crippen MR) is 68.0 cm³/mol. The molecule has 0 saturated carbocycles. The largest absolute Gasteiger partial charge is 0.373 e. The fraction of sp³-hybridized carbons (Fsp3) is 0.917. The van der Waals surface area contributed by atoms with Crippen LogP contribution in [0.5, 0.6) is 0 Å². The summed E-state index contributed by atoms with van der Waals surface area (Å²) in [4.78, 5) is 4.85. The van der Waals surface area contributed by atoms with Gasteiger partial charge in [0.1, 0.15) is 0 Å². The summed E-state index contributed by atoms with van der Waals surface area (Å²) in [6, 6.07) is 0.980. The first-order chi connectivity index (χ1) is 7.72. The molecular weight excluding hydrogens is 220 g/mol. The first kappa shape index (κ1) is 10.9. The van der Waals surface area contributed by atoms with Crippen molar-refractivity contribution < 1.29 is 4.74 Å². The van der Waals surface area contributed by atoms with Crippen LogP contribution in [0.15, 0.2) is 4.99 Å². The Morgan fingerprint density at radius 3 is 2.88 bits per heavy atom. The zero-order chi connectivity index (χ0) is 11.1. The number of rotatable bonds is 1. The zero-order valence-electron chi connectivity index (χ0n) is 9.98. The number of nitrogens with zero attached hydrogens (tertiary/aromatic N) is 1. The number of thioether (sulfide) groups is 1. The van der Waals surface area contributed by atoms with Gasteiger partial charge in [-0.2, -0.15) is 0 Å². The maximum atomic E-state index is 5.83. The lowest BCUT2D eigenvalue weighted by Gasteiger charge is -2.29. The van der Waals surface area contributed by atoms with E-state index in [9.17, 15) is 0 Å². The normalized spacial score (nSPS) is 49.6. The van der Waals surface area contributed by atoms with E-state index in [0.29, 0.717) is 24.3 Å². The van der Waals surface area contributed by atoms with Gasteiger partial charge in [-0.1, -0.05) is 18.7 Å². The number of hydrogen-bond donors (Lipinski definition) is 1. The molecule has 0 radical (unpaired) electrons. The molecule has 0 spiro atoms. The average Bonchev–Trinajstić information content (AvgIpc) is 2.85. The van der Waals surface area contributed by atoms with Gasteiger partial charge in [-0.25, -0.2) is 0 Å². The smallest absolute Gasteiger partial charge is 0.157 e. The standard InChI is InChI=1S/C12H20N2OS/c1-7-6-16-12(13-8(7)2)14-10-5-9-3-4-11(10)15-9/h7-11H,3-6H2,1-2H3,(H,13,14). The van der Waals surface area contributed by atoms with Gasteiger partial charge in [0.05, 0.1) is 18.2 Å². The van der Waals surface area contributed by atoms with Gasteiger partial charge >= 0.3 is 0 Å². The van der Waals surface area contributed by atoms with Crippen molar-refractivity contribution in [2.45, 2.75) is 57.4 Å². The van der Waals surface area contributed by atoms with E-state index in [1.165, 1.54) is 18.6 Å². The van der Waals surface area contributed by atoms with Crippen molar-refractivity contribution >= 4 is 16.9 Å². The van der Waals surface area contributed by atoms with E-state index >= 15 is 0 Å². The third-order valence-electron chi connectivity index (χ3n) is 4.04. The van der Waals surface area contributed by atoms with Crippen LogP contribution in [0.4, 0.5) is 0 Å². The number of nitrogens with one attached hydrogen (secondary N) is 1. The summed E-state index contributed by atoms with van der Waals surface area (Å²) < 4.78 is 5.83. The molecule has 3 nitrogen and oxygen atoms in total. The number of amidine groups is 1. The second kappa shape index (κ2) is 4.22. The molecule has 2 bridgehead atoms. The van der Waals surface area contributed by atoms with Crippen LogP contribution in [0.3, 0.4) is 0 Å². The number of hydrogen-bond acceptors (Lipinski definition) is 3. The summed E-state index contributed by atoms with van der Waals surface area (Å²) in [5.74, 6) is 1.93. The van der Waals surface area contributed by atoms with Crippen LogP contribution in [-0.4, -0.2) is 35.2 Å². The lowest BCUT2D eigenvalue weighted by atomic mass is 9.96. The van der Waals surface area contributed by atoms with E-state index in [2.05, 4.69) is 19.2 Å². The molecule has 16 heavy (non-hydrogen) atoms. The Hall–Kier alpha value is -0.220. The number of fused-ring (bicyclic) bond motifs is 2. The van der Waals surface area contributed by atoms with Crippen molar-refractivity contribution in [2.75, 3.05) is 5.75 Å². The average molecular weight is 240 g/mol. The molecule has 0 aromatic rings. The first-order valence-electron chi connectivity index (χ1n) is 6.35. The third kappa shape index (κ3) is 1.97. The summed E-state index contributed by atoms with van der Waals surface area (Å²) in [7, 11) is 0. The molecule has 0 aromatic heterocycles. The van der Waals surface area contributed by atoms with Gasteiger partial charge < -0.3 is 10.1 Å². The highest BCUT2D eigenvalue weighted by molar-refractivity contribution is 8.13. The SMILES string of the molecule is CC1CSC(=NC2CC3CCC2O3)NC1C. The Kier molecular flexibility index (Phi) is 2.88. The summed E-state index contributed by atoms with van der Waals surface area (Å²) in [6.07, 6.45) is 4.52. The van der Waals surface area contributed by atoms with Crippen molar-refractivity contribution in [3.05, 3.63) is 0 Å². The third-order valence-corrected chi connectivity index (χ3v) is 5.23. The van der Waals surface area contributed by atoms with Crippen LogP contribution in [0, 0.1) is 5.92 Å². The molecule has 0 aliphatic carbocycles. The van der Waals surface area contributed by atoms with Crippen molar-refractivity contribution in [3.63, 3.8) is 0 Å². The van der Waals surface area contributed by atoms with Crippen molar-refractivity contribution in [1.29, 1.82) is 0 Å². The maximum Gasteiger partial charge on any atom is 0.157 e. The molecule has 1 N–H and O–H groups in total. The van der Waals surface area contributed by atoms with Gasteiger partial charge in [0.25, 0.3) is 0 Å². The summed E-state index contributed by atoms with van der Waals surface area (Å²) in [5.41, 5.74) is 0. The predicted octanol–water partition coefficient (Wildman–Crippen LogP) is 2.02. The molecule has 3 aliphatic heterocycles. The minimum absolute atomic E-state index is 0.412. The van der Waals surface area contributed by atoms with Crippen LogP contribution in [-0.2, 0) is 4.74 Å². The molecular formula is C12H20N2OS. The Morgan fingerprint density at radius 1 is 1.38 bits per heavy atom. The Labute approximate surface area is 101 Å². The summed E-state index contributed by atoms with van der Waals surface area (Å²) in [5, 5.41) is 4.65. The maximum absolute atomic E-state index is 5.83. The van der Waals surface area contributed by atoms with E-state index in [-0.39, 0.29) is 0 Å². The summed E-state index contributed by atoms with van der Waals surface area (Å²) in [6.45, 7) is 4.54. The molecule has 3 aliphatic rings. The summed E-state index contributed by atoms with van der Waals surface area (Å²) >= 11 is 1.87. The van der Waals surface area contributed by atoms with E-state index in [0.717, 1.165) is 17.5 Å². The molecule has 3 saturated heterocycles. The van der Waals surface area contributed by atoms with Crippen molar-refractivity contribution in [3.8, 4) is 0 Å². The molecule has 5 atom stereocenters. The lowest BCUT2D eigenvalue weighted by molar-refractivity contribution is 0.101. The molecule has 3 fully saturated rings. The van der Waals surface area contributed by atoms with E-state index in [1.807, 2.05) is 11.8 Å². The Morgan fingerprint density at radius 2 is 2.25 bits per heavy atom. The van der Waals surface area contributed by atoms with Crippen LogP contribution < -0.4 is 5.32 Å². The molecule has 3 heterocycles. The number of ether oxygens (including phenoxy) is 1. The van der Waals surface area contributed by atoms with E-state index in [4.69, 9.17) is 9.73 Å². The van der Waals surface area contributed by atoms with Gasteiger partial charge in [0, 0.05) is 11.8 Å². The topological polar surface area (TPSA) is 33.6 Å². The van der Waals surface area contributed by atoms with Crippen LogP contribution >= 0.6 is 11.8 Å². The highest BCUT2D eigenvalue weighted by Crippen LogP contribution is 2.36. The van der Waals surface area contributed by atoms with E-state index < -0.39 is 0 Å². The van der Waals surface area contributed by atoms with Gasteiger partial charge in [0.2, 0.25) is 0 Å². The number of aliphatic imine (C=N–C) groups is 1. The Bertz CT molecular complexity index is 307. The lowest BCUT2D eigenvalue weighted by Crippen LogP contribution is -2.42. The monoisotopic (exact) mass is 240 g/mol. The van der Waals surface area contributed by atoms with Crippen LogP contribution in [0.25, 0.3) is 0 Å². The minimum Gasteiger partial charge on any atom is -0.373 e. The molecule has 0 aromatic carbocycles. The van der Waals surface area contributed by atoms with Crippen molar-refractivity contribution in [1.82, 2.24) is 5.32 Å². The van der Waals surface area contributed by atoms with Crippen molar-refractivity contribution in [2.24, 2.45) is 10.9 Å². The second-order valence-corrected chi connectivity index (χ2v) is 6.34. The van der Waals surface area contributed by atoms with Crippen LogP contribution in [0.2, 0.25) is 0 Å². The second-order valence-electron chi connectivity index (χ2n) is 5.33. The van der Waals surface area contributed by atoms with Gasteiger partial charge in [-0.05, 0) is 32.1 Å². The molecule has 5 unspecified atom stereocenters. The molecule has 90 valence electrons. The molecule has 0 amide bonds. The fourth-order valence-corrected chi connectivity index (χ4v) is 3.89. The van der Waals surface area contributed by atoms with Gasteiger partial charge in [-0.15, -0.1) is 0 Å². The van der Waals surface area contributed by atoms with Gasteiger partial charge in [0.15, 0.2) is 5.17 Å². The first-order valence-corrected chi connectivity index (χ1v) is 7.33. The van der Waals surface area contributed by atoms with Crippen LogP contribution in [0.1, 0.15) is 33.1 Å².